The number of carbonyl (C=O) groups excluding carboxylic acids is 1. The molecule has 0 heterocycles. The number of hydrogen-bond acceptors (Lipinski definition) is 5. The average molecular weight is 212 g/mol. The van der Waals surface area contributed by atoms with Gasteiger partial charge in [0.2, 0.25) is 0 Å². The molecule has 0 radical (unpaired) electrons. The molecule has 0 bridgehead atoms. The van der Waals surface area contributed by atoms with Gasteiger partial charge in [-0.1, -0.05) is 0 Å². The van der Waals surface area contributed by atoms with E-state index in [1.165, 1.54) is 0 Å². The molecule has 0 saturated heterocycles. The Morgan fingerprint density at radius 2 is 1.80 bits per heavy atom. The second kappa shape index (κ2) is 4.54. The summed E-state index contributed by atoms with van der Waals surface area (Å²) in [5.41, 5.74) is 0.0475. The molecular weight excluding hydrogens is 200 g/mol. The van der Waals surface area contributed by atoms with E-state index in [2.05, 4.69) is 4.74 Å². The molecule has 0 atom stereocenters. The Balaban J connectivity index is 2.90. The maximum absolute atomic E-state index is 11.1. The first-order chi connectivity index (χ1) is 7.04. The molecule has 82 valence electrons. The molecule has 15 heavy (non-hydrogen) atoms. The van der Waals surface area contributed by atoms with Crippen molar-refractivity contribution in [2.24, 2.45) is 0 Å². The van der Waals surface area contributed by atoms with E-state index in [-0.39, 0.29) is 35.8 Å². The van der Waals surface area contributed by atoms with Crippen molar-refractivity contribution in [2.75, 3.05) is 6.61 Å². The number of aromatic hydroxyl groups is 3. The molecule has 0 aliphatic rings. The molecule has 0 fully saturated rings. The molecule has 0 spiro atoms. The molecule has 0 aliphatic carbocycles. The van der Waals surface area contributed by atoms with Crippen molar-refractivity contribution >= 4 is 5.97 Å². The van der Waals surface area contributed by atoms with E-state index < -0.39 is 5.97 Å². The first-order valence-electron chi connectivity index (χ1n) is 4.44. The molecule has 3 N–H and O–H groups in total. The number of rotatable bonds is 3. The Hall–Kier alpha value is -1.91. The lowest BCUT2D eigenvalue weighted by atomic mass is 10.1. The van der Waals surface area contributed by atoms with Crippen LogP contribution in [-0.4, -0.2) is 27.9 Å². The first kappa shape index (κ1) is 11.2. The zero-order chi connectivity index (χ0) is 11.4. The third-order valence-corrected chi connectivity index (χ3v) is 1.81. The van der Waals surface area contributed by atoms with Gasteiger partial charge in [0.15, 0.2) is 0 Å². The molecule has 5 heteroatoms. The Morgan fingerprint density at radius 3 is 2.27 bits per heavy atom. The summed E-state index contributed by atoms with van der Waals surface area (Å²) < 4.78 is 4.66. The van der Waals surface area contributed by atoms with Crippen LogP contribution in [0.2, 0.25) is 0 Å². The normalized spacial score (nSPS) is 9.93. The van der Waals surface area contributed by atoms with E-state index in [1.54, 1.807) is 6.92 Å². The van der Waals surface area contributed by atoms with E-state index in [0.29, 0.717) is 0 Å². The van der Waals surface area contributed by atoms with Crippen molar-refractivity contribution in [1.82, 2.24) is 0 Å². The van der Waals surface area contributed by atoms with E-state index in [4.69, 9.17) is 5.11 Å². The van der Waals surface area contributed by atoms with Crippen LogP contribution in [0.1, 0.15) is 12.5 Å². The summed E-state index contributed by atoms with van der Waals surface area (Å²) in [7, 11) is 0. The smallest absolute Gasteiger partial charge is 0.310 e. The SMILES string of the molecule is CCOC(=O)Cc1c(O)cc(O)cc1O. The molecule has 1 aromatic rings. The minimum Gasteiger partial charge on any atom is -0.508 e. The van der Waals surface area contributed by atoms with Gasteiger partial charge in [-0.05, 0) is 6.92 Å². The van der Waals surface area contributed by atoms with Gasteiger partial charge in [-0.2, -0.15) is 0 Å². The highest BCUT2D eigenvalue weighted by Crippen LogP contribution is 2.32. The minimum atomic E-state index is -0.547. The van der Waals surface area contributed by atoms with E-state index in [1.807, 2.05) is 0 Å². The zero-order valence-corrected chi connectivity index (χ0v) is 8.23. The number of phenolic OH excluding ortho intramolecular Hbond substituents is 3. The third kappa shape index (κ3) is 2.77. The maximum Gasteiger partial charge on any atom is 0.310 e. The van der Waals surface area contributed by atoms with Gasteiger partial charge in [-0.3, -0.25) is 4.79 Å². The number of carbonyl (C=O) groups is 1. The van der Waals surface area contributed by atoms with Crippen molar-refractivity contribution in [3.63, 3.8) is 0 Å². The molecule has 0 aliphatic heterocycles. The summed E-state index contributed by atoms with van der Waals surface area (Å²) in [5.74, 6) is -1.48. The van der Waals surface area contributed by atoms with E-state index in [9.17, 15) is 15.0 Å². The highest BCUT2D eigenvalue weighted by Gasteiger charge is 2.14. The highest BCUT2D eigenvalue weighted by atomic mass is 16.5. The van der Waals surface area contributed by atoms with Crippen molar-refractivity contribution in [3.8, 4) is 17.2 Å². The second-order valence-electron chi connectivity index (χ2n) is 2.94. The predicted octanol–water partition coefficient (Wildman–Crippen LogP) is 0.909. The van der Waals surface area contributed by atoms with Crippen LogP contribution in [0.5, 0.6) is 17.2 Å². The maximum atomic E-state index is 11.1. The van der Waals surface area contributed by atoms with Crippen molar-refractivity contribution in [2.45, 2.75) is 13.3 Å². The number of phenols is 3. The summed E-state index contributed by atoms with van der Waals surface area (Å²) >= 11 is 0. The second-order valence-corrected chi connectivity index (χ2v) is 2.94. The van der Waals surface area contributed by atoms with Gasteiger partial charge < -0.3 is 20.1 Å². The van der Waals surface area contributed by atoms with Crippen LogP contribution >= 0.6 is 0 Å². The predicted molar refractivity (Wildman–Crippen MR) is 51.8 cm³/mol. The molecule has 5 nitrogen and oxygen atoms in total. The quantitative estimate of drug-likeness (QED) is 0.648. The van der Waals surface area contributed by atoms with Gasteiger partial charge in [0.1, 0.15) is 17.2 Å². The number of ether oxygens (including phenoxy) is 1. The van der Waals surface area contributed by atoms with Gasteiger partial charge >= 0.3 is 5.97 Å². The summed E-state index contributed by atoms with van der Waals surface area (Å²) in [6.45, 7) is 1.90. The molecule has 0 unspecified atom stereocenters. The lowest BCUT2D eigenvalue weighted by Crippen LogP contribution is -2.07. The summed E-state index contributed by atoms with van der Waals surface area (Å²) in [6.07, 6.45) is -0.230. The number of esters is 1. The largest absolute Gasteiger partial charge is 0.508 e. The molecular formula is C10H12O5. The van der Waals surface area contributed by atoms with Crippen LogP contribution in [0.4, 0.5) is 0 Å². The first-order valence-corrected chi connectivity index (χ1v) is 4.44. The van der Waals surface area contributed by atoms with Crippen LogP contribution in [0.15, 0.2) is 12.1 Å². The minimum absolute atomic E-state index is 0.0475. The van der Waals surface area contributed by atoms with Gasteiger partial charge in [0, 0.05) is 17.7 Å². The van der Waals surface area contributed by atoms with Crippen LogP contribution in [0.3, 0.4) is 0 Å². The topological polar surface area (TPSA) is 87.0 Å². The lowest BCUT2D eigenvalue weighted by Gasteiger charge is -2.07. The van der Waals surface area contributed by atoms with Crippen LogP contribution in [0.25, 0.3) is 0 Å². The molecule has 0 saturated carbocycles. The van der Waals surface area contributed by atoms with E-state index in [0.717, 1.165) is 12.1 Å². The number of hydrogen-bond donors (Lipinski definition) is 3. The molecule has 1 rings (SSSR count). The summed E-state index contributed by atoms with van der Waals surface area (Å²) in [5, 5.41) is 27.7. The fourth-order valence-corrected chi connectivity index (χ4v) is 1.16. The fourth-order valence-electron chi connectivity index (χ4n) is 1.16. The van der Waals surface area contributed by atoms with Crippen LogP contribution in [-0.2, 0) is 16.0 Å². The summed E-state index contributed by atoms with van der Waals surface area (Å²) in [6, 6.07) is 2.10. The average Bonchev–Trinajstić information content (AvgIpc) is 2.11. The van der Waals surface area contributed by atoms with Crippen LogP contribution in [0, 0.1) is 0 Å². The fraction of sp³-hybridized carbons (Fsp3) is 0.300. The summed E-state index contributed by atoms with van der Waals surface area (Å²) in [4.78, 5) is 11.1. The zero-order valence-electron chi connectivity index (χ0n) is 8.23. The highest BCUT2D eigenvalue weighted by molar-refractivity contribution is 5.75. The van der Waals surface area contributed by atoms with Gasteiger partial charge in [0.25, 0.3) is 0 Å². The Morgan fingerprint density at radius 1 is 1.27 bits per heavy atom. The third-order valence-electron chi connectivity index (χ3n) is 1.81. The van der Waals surface area contributed by atoms with E-state index >= 15 is 0 Å². The van der Waals surface area contributed by atoms with Gasteiger partial charge in [-0.25, -0.2) is 0 Å². The van der Waals surface area contributed by atoms with Crippen molar-refractivity contribution in [3.05, 3.63) is 17.7 Å². The Labute approximate surface area is 86.5 Å². The Kier molecular flexibility index (Phi) is 3.38. The van der Waals surface area contributed by atoms with Crippen LogP contribution < -0.4 is 0 Å². The standard InChI is InChI=1S/C10H12O5/c1-2-15-10(14)5-7-8(12)3-6(11)4-9(7)13/h3-4,11-13H,2,5H2,1H3. The number of benzene rings is 1. The molecule has 1 aromatic carbocycles. The molecule has 0 aromatic heterocycles. The van der Waals surface area contributed by atoms with Gasteiger partial charge in [0.05, 0.1) is 13.0 Å². The Bertz CT molecular complexity index is 349. The molecule has 0 amide bonds. The van der Waals surface area contributed by atoms with Gasteiger partial charge in [-0.15, -0.1) is 0 Å². The van der Waals surface area contributed by atoms with Crippen molar-refractivity contribution in [1.29, 1.82) is 0 Å². The van der Waals surface area contributed by atoms with Crippen molar-refractivity contribution < 1.29 is 24.9 Å². The monoisotopic (exact) mass is 212 g/mol. The lowest BCUT2D eigenvalue weighted by molar-refractivity contribution is -0.142.